The quantitative estimate of drug-likeness (QED) is 0.798. The van der Waals surface area contributed by atoms with E-state index in [0.29, 0.717) is 5.56 Å². The minimum atomic E-state index is 0.694. The number of unbranched alkanes of at least 4 members (excludes halogenated alkanes) is 1. The molecule has 88 valence electrons. The van der Waals surface area contributed by atoms with Crippen molar-refractivity contribution in [2.45, 2.75) is 26.2 Å². The van der Waals surface area contributed by atoms with Crippen LogP contribution in [0.15, 0.2) is 30.5 Å². The summed E-state index contributed by atoms with van der Waals surface area (Å²) in [5.74, 6) is 1.03. The fourth-order valence-corrected chi connectivity index (χ4v) is 1.72. The van der Waals surface area contributed by atoms with E-state index in [9.17, 15) is 4.79 Å². The monoisotopic (exact) mass is 228 g/mol. The van der Waals surface area contributed by atoms with Crippen LogP contribution < -0.4 is 0 Å². The van der Waals surface area contributed by atoms with Crippen LogP contribution in [0.5, 0.6) is 0 Å². The molecule has 17 heavy (non-hydrogen) atoms. The first kappa shape index (κ1) is 11.6. The van der Waals surface area contributed by atoms with E-state index in [1.165, 1.54) is 6.42 Å². The molecule has 0 atom stereocenters. The zero-order valence-corrected chi connectivity index (χ0v) is 9.94. The zero-order valence-electron chi connectivity index (χ0n) is 9.94. The van der Waals surface area contributed by atoms with Crippen LogP contribution >= 0.6 is 0 Å². The van der Waals surface area contributed by atoms with Crippen molar-refractivity contribution < 1.29 is 4.79 Å². The highest BCUT2D eigenvalue weighted by Crippen LogP contribution is 2.17. The lowest BCUT2D eigenvalue weighted by Crippen LogP contribution is -1.87. The number of aromatic nitrogens is 2. The van der Waals surface area contributed by atoms with Gasteiger partial charge in [0.15, 0.2) is 0 Å². The van der Waals surface area contributed by atoms with Crippen LogP contribution in [0, 0.1) is 0 Å². The van der Waals surface area contributed by atoms with Gasteiger partial charge in [0.2, 0.25) is 0 Å². The standard InChI is InChI=1S/C14H16N2O/c1-2-3-4-14-15-9-13(16-14)12-7-5-11(10-17)6-8-12/h5-10H,2-4H2,1H3,(H,15,16). The molecule has 0 aliphatic heterocycles. The van der Waals surface area contributed by atoms with Gasteiger partial charge in [0.25, 0.3) is 0 Å². The fourth-order valence-electron chi connectivity index (χ4n) is 1.72. The number of nitrogens with one attached hydrogen (secondary N) is 1. The molecule has 0 spiro atoms. The van der Waals surface area contributed by atoms with Gasteiger partial charge in [-0.25, -0.2) is 4.98 Å². The molecule has 1 aromatic heterocycles. The van der Waals surface area contributed by atoms with Crippen LogP contribution in [-0.4, -0.2) is 16.3 Å². The number of H-pyrrole nitrogens is 1. The third-order valence-corrected chi connectivity index (χ3v) is 2.75. The lowest BCUT2D eigenvalue weighted by atomic mass is 10.1. The molecular formula is C14H16N2O. The number of imidazole rings is 1. The second kappa shape index (κ2) is 5.43. The highest BCUT2D eigenvalue weighted by atomic mass is 16.1. The Balaban J connectivity index is 2.15. The van der Waals surface area contributed by atoms with Crippen LogP contribution in [0.4, 0.5) is 0 Å². The highest BCUT2D eigenvalue weighted by Gasteiger charge is 2.02. The minimum Gasteiger partial charge on any atom is -0.342 e. The maximum Gasteiger partial charge on any atom is 0.150 e. The van der Waals surface area contributed by atoms with Crippen molar-refractivity contribution >= 4 is 6.29 Å². The van der Waals surface area contributed by atoms with E-state index in [4.69, 9.17) is 0 Å². The van der Waals surface area contributed by atoms with Gasteiger partial charge in [0, 0.05) is 12.0 Å². The second-order valence-corrected chi connectivity index (χ2v) is 4.09. The number of aldehydes is 1. The fraction of sp³-hybridized carbons (Fsp3) is 0.286. The van der Waals surface area contributed by atoms with E-state index in [1.54, 1.807) is 0 Å². The van der Waals surface area contributed by atoms with Gasteiger partial charge in [-0.3, -0.25) is 4.79 Å². The first-order valence-corrected chi connectivity index (χ1v) is 5.93. The maximum atomic E-state index is 10.6. The van der Waals surface area contributed by atoms with Crippen molar-refractivity contribution in [2.75, 3.05) is 0 Å². The number of aryl methyl sites for hydroxylation is 1. The van der Waals surface area contributed by atoms with Crippen molar-refractivity contribution in [3.8, 4) is 11.3 Å². The summed E-state index contributed by atoms with van der Waals surface area (Å²) in [6.45, 7) is 2.17. The molecule has 0 aliphatic carbocycles. The summed E-state index contributed by atoms with van der Waals surface area (Å²) in [6.07, 6.45) is 6.01. The summed E-state index contributed by atoms with van der Waals surface area (Å²) in [7, 11) is 0. The Labute approximate surface area is 101 Å². The molecule has 0 bridgehead atoms. The van der Waals surface area contributed by atoms with Gasteiger partial charge in [0.1, 0.15) is 12.1 Å². The van der Waals surface area contributed by atoms with Gasteiger partial charge in [0.05, 0.1) is 11.9 Å². The largest absolute Gasteiger partial charge is 0.342 e. The predicted octanol–water partition coefficient (Wildman–Crippen LogP) is 3.23. The zero-order chi connectivity index (χ0) is 12.1. The van der Waals surface area contributed by atoms with Gasteiger partial charge in [-0.05, 0) is 12.0 Å². The number of aromatic amines is 1. The third-order valence-electron chi connectivity index (χ3n) is 2.75. The molecule has 0 fully saturated rings. The second-order valence-electron chi connectivity index (χ2n) is 4.09. The maximum absolute atomic E-state index is 10.6. The van der Waals surface area contributed by atoms with Gasteiger partial charge in [-0.15, -0.1) is 0 Å². The molecule has 1 N–H and O–H groups in total. The summed E-state index contributed by atoms with van der Waals surface area (Å²) in [6, 6.07) is 7.49. The lowest BCUT2D eigenvalue weighted by Gasteiger charge is -1.98. The van der Waals surface area contributed by atoms with Crippen LogP contribution in [0.2, 0.25) is 0 Å². The van der Waals surface area contributed by atoms with E-state index in [-0.39, 0.29) is 0 Å². The van der Waals surface area contributed by atoms with Crippen molar-refractivity contribution in [1.82, 2.24) is 9.97 Å². The molecule has 2 aromatic rings. The number of nitrogens with zero attached hydrogens (tertiary/aromatic N) is 1. The number of carbonyl (C=O) groups is 1. The molecule has 2 rings (SSSR count). The number of hydrogen-bond acceptors (Lipinski definition) is 2. The normalized spacial score (nSPS) is 10.4. The van der Waals surface area contributed by atoms with E-state index in [2.05, 4.69) is 16.9 Å². The average molecular weight is 228 g/mol. The molecule has 1 heterocycles. The van der Waals surface area contributed by atoms with Crippen molar-refractivity contribution in [1.29, 1.82) is 0 Å². The molecule has 0 unspecified atom stereocenters. The van der Waals surface area contributed by atoms with Crippen LogP contribution in [0.25, 0.3) is 11.3 Å². The van der Waals surface area contributed by atoms with Crippen molar-refractivity contribution in [3.63, 3.8) is 0 Å². The first-order valence-electron chi connectivity index (χ1n) is 5.93. The van der Waals surface area contributed by atoms with Crippen molar-refractivity contribution in [2.24, 2.45) is 0 Å². The molecule has 3 heteroatoms. The topological polar surface area (TPSA) is 45.8 Å². The van der Waals surface area contributed by atoms with Gasteiger partial charge in [-0.2, -0.15) is 0 Å². The highest BCUT2D eigenvalue weighted by molar-refractivity contribution is 5.76. The molecule has 1 aromatic carbocycles. The van der Waals surface area contributed by atoms with E-state index < -0.39 is 0 Å². The Morgan fingerprint density at radius 1 is 1.29 bits per heavy atom. The van der Waals surface area contributed by atoms with Gasteiger partial charge < -0.3 is 4.98 Å². The van der Waals surface area contributed by atoms with Crippen molar-refractivity contribution in [3.05, 3.63) is 41.9 Å². The van der Waals surface area contributed by atoms with Gasteiger partial charge >= 0.3 is 0 Å². The number of rotatable bonds is 5. The molecule has 3 nitrogen and oxygen atoms in total. The number of hydrogen-bond donors (Lipinski definition) is 1. The Morgan fingerprint density at radius 2 is 2.06 bits per heavy atom. The Morgan fingerprint density at radius 3 is 2.71 bits per heavy atom. The first-order chi connectivity index (χ1) is 8.33. The average Bonchev–Trinajstić information content (AvgIpc) is 2.85. The number of benzene rings is 1. The molecule has 0 aliphatic rings. The molecule has 0 amide bonds. The summed E-state index contributed by atoms with van der Waals surface area (Å²) in [5.41, 5.74) is 2.76. The summed E-state index contributed by atoms with van der Waals surface area (Å²) in [5, 5.41) is 0. The summed E-state index contributed by atoms with van der Waals surface area (Å²) in [4.78, 5) is 18.2. The number of carbonyl (C=O) groups excluding carboxylic acids is 1. The molecule has 0 saturated carbocycles. The summed E-state index contributed by atoms with van der Waals surface area (Å²) < 4.78 is 0. The SMILES string of the molecule is CCCCc1ncc(-c2ccc(C=O)cc2)[nH]1. The van der Waals surface area contributed by atoms with Crippen LogP contribution in [0.1, 0.15) is 35.9 Å². The van der Waals surface area contributed by atoms with Crippen LogP contribution in [0.3, 0.4) is 0 Å². The van der Waals surface area contributed by atoms with Gasteiger partial charge in [-0.1, -0.05) is 37.6 Å². The molecular weight excluding hydrogens is 212 g/mol. The van der Waals surface area contributed by atoms with E-state index in [1.807, 2.05) is 30.5 Å². The smallest absolute Gasteiger partial charge is 0.150 e. The molecule has 0 saturated heterocycles. The predicted molar refractivity (Wildman–Crippen MR) is 68.0 cm³/mol. The Bertz CT molecular complexity index is 485. The summed E-state index contributed by atoms with van der Waals surface area (Å²) >= 11 is 0. The third kappa shape index (κ3) is 2.81. The lowest BCUT2D eigenvalue weighted by molar-refractivity contribution is 0.112. The Hall–Kier alpha value is -1.90. The van der Waals surface area contributed by atoms with E-state index in [0.717, 1.165) is 36.2 Å². The minimum absolute atomic E-state index is 0.694. The molecule has 0 radical (unpaired) electrons. The Kier molecular flexibility index (Phi) is 3.70. The van der Waals surface area contributed by atoms with Crippen LogP contribution in [-0.2, 0) is 6.42 Å². The van der Waals surface area contributed by atoms with E-state index >= 15 is 0 Å².